The SMILES string of the molecule is O=C(NCc1ccccn1)[C@H]1CCCN1. The summed E-state index contributed by atoms with van der Waals surface area (Å²) in [6.45, 7) is 1.46. The lowest BCUT2D eigenvalue weighted by Crippen LogP contribution is -2.40. The summed E-state index contributed by atoms with van der Waals surface area (Å²) in [5.74, 6) is 0.0816. The molecule has 0 aliphatic carbocycles. The van der Waals surface area contributed by atoms with E-state index in [9.17, 15) is 4.79 Å². The summed E-state index contributed by atoms with van der Waals surface area (Å²) in [6.07, 6.45) is 3.75. The van der Waals surface area contributed by atoms with Gasteiger partial charge in [-0.25, -0.2) is 0 Å². The standard InChI is InChI=1S/C11H15N3O/c15-11(10-5-3-7-13-10)14-8-9-4-1-2-6-12-9/h1-2,4,6,10,13H,3,5,7-8H2,(H,14,15)/t10-/m1/s1. The number of nitrogens with zero attached hydrogens (tertiary/aromatic N) is 1. The third-order valence-electron chi connectivity index (χ3n) is 2.55. The molecule has 1 saturated heterocycles. The molecule has 0 bridgehead atoms. The monoisotopic (exact) mass is 205 g/mol. The van der Waals surface area contributed by atoms with Crippen LogP contribution in [0.3, 0.4) is 0 Å². The van der Waals surface area contributed by atoms with E-state index >= 15 is 0 Å². The Labute approximate surface area is 89.1 Å². The fourth-order valence-electron chi connectivity index (χ4n) is 1.71. The van der Waals surface area contributed by atoms with E-state index in [4.69, 9.17) is 0 Å². The van der Waals surface area contributed by atoms with Crippen LogP contribution >= 0.6 is 0 Å². The number of hydrogen-bond acceptors (Lipinski definition) is 3. The zero-order chi connectivity index (χ0) is 10.5. The number of carbonyl (C=O) groups excluding carboxylic acids is 1. The van der Waals surface area contributed by atoms with Crippen LogP contribution in [-0.2, 0) is 11.3 Å². The van der Waals surface area contributed by atoms with Gasteiger partial charge >= 0.3 is 0 Å². The number of rotatable bonds is 3. The maximum Gasteiger partial charge on any atom is 0.237 e. The van der Waals surface area contributed by atoms with Crippen molar-refractivity contribution in [1.29, 1.82) is 0 Å². The summed E-state index contributed by atoms with van der Waals surface area (Å²) in [7, 11) is 0. The molecular weight excluding hydrogens is 190 g/mol. The Balaban J connectivity index is 1.80. The minimum atomic E-state index is -0.00582. The first-order valence-electron chi connectivity index (χ1n) is 5.27. The molecule has 4 heteroatoms. The Bertz CT molecular complexity index is 320. The number of carbonyl (C=O) groups is 1. The molecule has 15 heavy (non-hydrogen) atoms. The maximum atomic E-state index is 11.6. The van der Waals surface area contributed by atoms with Crippen LogP contribution in [0.4, 0.5) is 0 Å². The normalized spacial score (nSPS) is 20.1. The molecule has 1 atom stereocenters. The highest BCUT2D eigenvalue weighted by molar-refractivity contribution is 5.81. The number of pyridine rings is 1. The zero-order valence-corrected chi connectivity index (χ0v) is 8.57. The van der Waals surface area contributed by atoms with Crippen LogP contribution in [0, 0.1) is 0 Å². The van der Waals surface area contributed by atoms with Crippen molar-refractivity contribution in [1.82, 2.24) is 15.6 Å². The van der Waals surface area contributed by atoms with Crippen molar-refractivity contribution in [2.75, 3.05) is 6.54 Å². The Kier molecular flexibility index (Phi) is 3.29. The fourth-order valence-corrected chi connectivity index (χ4v) is 1.71. The Morgan fingerprint density at radius 1 is 1.60 bits per heavy atom. The zero-order valence-electron chi connectivity index (χ0n) is 8.57. The lowest BCUT2D eigenvalue weighted by molar-refractivity contribution is -0.122. The van der Waals surface area contributed by atoms with E-state index in [1.165, 1.54) is 0 Å². The number of amides is 1. The van der Waals surface area contributed by atoms with E-state index < -0.39 is 0 Å². The van der Waals surface area contributed by atoms with Crippen LogP contribution in [0.1, 0.15) is 18.5 Å². The van der Waals surface area contributed by atoms with Gasteiger partial charge in [-0.2, -0.15) is 0 Å². The number of nitrogens with one attached hydrogen (secondary N) is 2. The minimum Gasteiger partial charge on any atom is -0.349 e. The van der Waals surface area contributed by atoms with Crippen LogP contribution < -0.4 is 10.6 Å². The molecule has 0 radical (unpaired) electrons. The molecule has 1 aromatic rings. The first kappa shape index (κ1) is 10.1. The van der Waals surface area contributed by atoms with Crippen molar-refractivity contribution in [2.45, 2.75) is 25.4 Å². The molecule has 0 spiro atoms. The van der Waals surface area contributed by atoms with Crippen molar-refractivity contribution >= 4 is 5.91 Å². The molecule has 0 unspecified atom stereocenters. The van der Waals surface area contributed by atoms with Crippen molar-refractivity contribution in [3.8, 4) is 0 Å². The molecule has 80 valence electrons. The second-order valence-electron chi connectivity index (χ2n) is 3.69. The van der Waals surface area contributed by atoms with Crippen molar-refractivity contribution in [2.24, 2.45) is 0 Å². The summed E-state index contributed by atoms with van der Waals surface area (Å²) in [4.78, 5) is 15.8. The van der Waals surface area contributed by atoms with E-state index in [0.29, 0.717) is 6.54 Å². The number of aromatic nitrogens is 1. The molecule has 2 heterocycles. The lowest BCUT2D eigenvalue weighted by Gasteiger charge is -2.10. The first-order valence-corrected chi connectivity index (χ1v) is 5.27. The molecule has 4 nitrogen and oxygen atoms in total. The molecule has 2 rings (SSSR count). The highest BCUT2D eigenvalue weighted by Gasteiger charge is 2.21. The Morgan fingerprint density at radius 3 is 3.20 bits per heavy atom. The van der Waals surface area contributed by atoms with Gasteiger partial charge in [-0.05, 0) is 31.5 Å². The Morgan fingerprint density at radius 2 is 2.53 bits per heavy atom. The molecule has 2 N–H and O–H groups in total. The Hall–Kier alpha value is -1.42. The van der Waals surface area contributed by atoms with E-state index in [2.05, 4.69) is 15.6 Å². The summed E-state index contributed by atoms with van der Waals surface area (Å²) in [5, 5.41) is 6.04. The highest BCUT2D eigenvalue weighted by Crippen LogP contribution is 2.04. The van der Waals surface area contributed by atoms with Gasteiger partial charge in [0.15, 0.2) is 0 Å². The van der Waals surface area contributed by atoms with Crippen molar-refractivity contribution in [3.05, 3.63) is 30.1 Å². The van der Waals surface area contributed by atoms with Crippen LogP contribution in [0.5, 0.6) is 0 Å². The summed E-state index contributed by atoms with van der Waals surface area (Å²) < 4.78 is 0. The topological polar surface area (TPSA) is 54.0 Å². The molecule has 1 aliphatic heterocycles. The van der Waals surface area contributed by atoms with Gasteiger partial charge in [0.1, 0.15) is 0 Å². The molecule has 1 amide bonds. The van der Waals surface area contributed by atoms with E-state index in [1.807, 2.05) is 18.2 Å². The van der Waals surface area contributed by atoms with Gasteiger partial charge in [-0.3, -0.25) is 9.78 Å². The molecule has 0 saturated carbocycles. The van der Waals surface area contributed by atoms with Gasteiger partial charge in [0.05, 0.1) is 18.3 Å². The molecule has 1 aromatic heterocycles. The van der Waals surface area contributed by atoms with Crippen molar-refractivity contribution in [3.63, 3.8) is 0 Å². The fraction of sp³-hybridized carbons (Fsp3) is 0.455. The van der Waals surface area contributed by atoms with Gasteiger partial charge in [0.2, 0.25) is 5.91 Å². The van der Waals surface area contributed by atoms with Gasteiger partial charge < -0.3 is 10.6 Å². The maximum absolute atomic E-state index is 11.6. The average molecular weight is 205 g/mol. The lowest BCUT2D eigenvalue weighted by atomic mass is 10.2. The van der Waals surface area contributed by atoms with Gasteiger partial charge in [-0.1, -0.05) is 6.07 Å². The third kappa shape index (κ3) is 2.76. The quantitative estimate of drug-likeness (QED) is 0.753. The average Bonchev–Trinajstić information content (AvgIpc) is 2.81. The predicted octanol–water partition coefficient (Wildman–Crippen LogP) is 0.450. The van der Waals surface area contributed by atoms with Gasteiger partial charge in [0.25, 0.3) is 0 Å². The summed E-state index contributed by atoms with van der Waals surface area (Å²) in [6, 6.07) is 5.68. The van der Waals surface area contributed by atoms with Crippen LogP contribution in [0.15, 0.2) is 24.4 Å². The minimum absolute atomic E-state index is 0.00582. The van der Waals surface area contributed by atoms with E-state index in [-0.39, 0.29) is 11.9 Å². The third-order valence-corrected chi connectivity index (χ3v) is 2.55. The first-order chi connectivity index (χ1) is 7.36. The van der Waals surface area contributed by atoms with Gasteiger partial charge in [-0.15, -0.1) is 0 Å². The second kappa shape index (κ2) is 4.89. The van der Waals surface area contributed by atoms with Gasteiger partial charge in [0, 0.05) is 6.20 Å². The van der Waals surface area contributed by atoms with Crippen molar-refractivity contribution < 1.29 is 4.79 Å². The molecule has 1 aliphatic rings. The largest absolute Gasteiger partial charge is 0.349 e. The van der Waals surface area contributed by atoms with Crippen LogP contribution in [0.2, 0.25) is 0 Å². The number of hydrogen-bond donors (Lipinski definition) is 2. The molecule has 1 fully saturated rings. The van der Waals surface area contributed by atoms with E-state index in [1.54, 1.807) is 6.20 Å². The summed E-state index contributed by atoms with van der Waals surface area (Å²) in [5.41, 5.74) is 0.892. The van der Waals surface area contributed by atoms with Crippen LogP contribution in [0.25, 0.3) is 0 Å². The summed E-state index contributed by atoms with van der Waals surface area (Å²) >= 11 is 0. The smallest absolute Gasteiger partial charge is 0.237 e. The second-order valence-corrected chi connectivity index (χ2v) is 3.69. The van der Waals surface area contributed by atoms with Crippen LogP contribution in [-0.4, -0.2) is 23.5 Å². The predicted molar refractivity (Wildman–Crippen MR) is 57.1 cm³/mol. The molecular formula is C11H15N3O. The molecule has 0 aromatic carbocycles. The highest BCUT2D eigenvalue weighted by atomic mass is 16.2. The van der Waals surface area contributed by atoms with E-state index in [0.717, 1.165) is 25.1 Å².